The molecule has 2 amide bonds. The molecule has 0 aliphatic carbocycles. The van der Waals surface area contributed by atoms with Gasteiger partial charge in [0.15, 0.2) is 0 Å². The average molecular weight is 262 g/mol. The maximum atomic E-state index is 11.7. The molecule has 0 saturated heterocycles. The number of rotatable bonds is 8. The topological polar surface area (TPSA) is 58.2 Å². The van der Waals surface area contributed by atoms with Gasteiger partial charge in [-0.1, -0.05) is 38.0 Å². The number of unbranched alkanes of at least 4 members (excludes halogenated alkanes) is 2. The molecule has 104 valence electrons. The molecule has 4 nitrogen and oxygen atoms in total. The fourth-order valence-electron chi connectivity index (χ4n) is 1.69. The molecule has 0 saturated carbocycles. The highest BCUT2D eigenvalue weighted by Gasteiger charge is 2.04. The van der Waals surface area contributed by atoms with E-state index in [9.17, 15) is 9.59 Å². The molecule has 0 heterocycles. The standard InChI is InChI=1S/C15H22N2O2/c1-2-3-5-10-14(18)16-11-12-17-15(19)13-8-6-4-7-9-13/h4,6-9H,2-3,5,10-12H2,1H3,(H,16,18)(H,17,19). The van der Waals surface area contributed by atoms with Crippen molar-refractivity contribution in [3.8, 4) is 0 Å². The Bertz CT molecular complexity index is 390. The van der Waals surface area contributed by atoms with Crippen molar-refractivity contribution >= 4 is 11.8 Å². The smallest absolute Gasteiger partial charge is 0.251 e. The van der Waals surface area contributed by atoms with Gasteiger partial charge in [-0.25, -0.2) is 0 Å². The van der Waals surface area contributed by atoms with Crippen LogP contribution in [0.1, 0.15) is 43.0 Å². The molecule has 0 radical (unpaired) electrons. The van der Waals surface area contributed by atoms with Gasteiger partial charge in [0.25, 0.3) is 5.91 Å². The zero-order chi connectivity index (χ0) is 13.9. The summed E-state index contributed by atoms with van der Waals surface area (Å²) in [6.45, 7) is 3.04. The highest BCUT2D eigenvalue weighted by Crippen LogP contribution is 1.98. The molecule has 19 heavy (non-hydrogen) atoms. The van der Waals surface area contributed by atoms with Gasteiger partial charge in [0.1, 0.15) is 0 Å². The molecule has 0 aliphatic heterocycles. The Morgan fingerprint density at radius 3 is 2.37 bits per heavy atom. The average Bonchev–Trinajstić information content (AvgIpc) is 2.44. The monoisotopic (exact) mass is 262 g/mol. The summed E-state index contributed by atoms with van der Waals surface area (Å²) in [4.78, 5) is 23.1. The molecule has 0 fully saturated rings. The van der Waals surface area contributed by atoms with Crippen molar-refractivity contribution in [1.29, 1.82) is 0 Å². The predicted molar refractivity (Wildman–Crippen MR) is 75.9 cm³/mol. The van der Waals surface area contributed by atoms with E-state index < -0.39 is 0 Å². The number of carbonyl (C=O) groups is 2. The van der Waals surface area contributed by atoms with Gasteiger partial charge in [0, 0.05) is 25.1 Å². The maximum absolute atomic E-state index is 11.7. The molecule has 1 rings (SSSR count). The number of hydrogen-bond acceptors (Lipinski definition) is 2. The van der Waals surface area contributed by atoms with Crippen LogP contribution in [0, 0.1) is 0 Å². The van der Waals surface area contributed by atoms with Crippen molar-refractivity contribution in [2.24, 2.45) is 0 Å². The van der Waals surface area contributed by atoms with Crippen molar-refractivity contribution in [3.05, 3.63) is 35.9 Å². The second-order valence-corrected chi connectivity index (χ2v) is 4.43. The number of carbonyl (C=O) groups excluding carboxylic acids is 2. The minimum absolute atomic E-state index is 0.0578. The fraction of sp³-hybridized carbons (Fsp3) is 0.467. The highest BCUT2D eigenvalue weighted by molar-refractivity contribution is 5.94. The van der Waals surface area contributed by atoms with E-state index in [-0.39, 0.29) is 11.8 Å². The summed E-state index contributed by atoms with van der Waals surface area (Å²) in [6, 6.07) is 9.04. The lowest BCUT2D eigenvalue weighted by molar-refractivity contribution is -0.121. The summed E-state index contributed by atoms with van der Waals surface area (Å²) in [6.07, 6.45) is 3.69. The van der Waals surface area contributed by atoms with Gasteiger partial charge in [-0.3, -0.25) is 9.59 Å². The fourth-order valence-corrected chi connectivity index (χ4v) is 1.69. The van der Waals surface area contributed by atoms with Crippen LogP contribution in [-0.2, 0) is 4.79 Å². The van der Waals surface area contributed by atoms with Gasteiger partial charge in [0.05, 0.1) is 0 Å². The summed E-state index contributed by atoms with van der Waals surface area (Å²) in [5.41, 5.74) is 0.636. The van der Waals surface area contributed by atoms with Crippen LogP contribution in [0.3, 0.4) is 0 Å². The molecule has 0 atom stereocenters. The quantitative estimate of drug-likeness (QED) is 0.705. The number of benzene rings is 1. The molecule has 0 aliphatic rings. The number of hydrogen-bond donors (Lipinski definition) is 2. The molecular formula is C15H22N2O2. The van der Waals surface area contributed by atoms with Crippen LogP contribution in [0.25, 0.3) is 0 Å². The van der Waals surface area contributed by atoms with Crippen LogP contribution >= 0.6 is 0 Å². The Hall–Kier alpha value is -1.84. The minimum atomic E-state index is -0.110. The normalized spacial score (nSPS) is 9.95. The van der Waals surface area contributed by atoms with E-state index in [1.54, 1.807) is 12.1 Å². The molecule has 1 aromatic carbocycles. The second kappa shape index (κ2) is 9.14. The Labute approximate surface area is 114 Å². The van der Waals surface area contributed by atoms with Gasteiger partial charge in [-0.15, -0.1) is 0 Å². The van der Waals surface area contributed by atoms with Crippen LogP contribution in [0.2, 0.25) is 0 Å². The SMILES string of the molecule is CCCCCC(=O)NCCNC(=O)c1ccccc1. The Balaban J connectivity index is 2.11. The molecule has 0 spiro atoms. The minimum Gasteiger partial charge on any atom is -0.354 e. The van der Waals surface area contributed by atoms with Crippen molar-refractivity contribution in [2.75, 3.05) is 13.1 Å². The van der Waals surface area contributed by atoms with E-state index in [4.69, 9.17) is 0 Å². The molecular weight excluding hydrogens is 240 g/mol. The molecule has 4 heteroatoms. The maximum Gasteiger partial charge on any atom is 0.251 e. The summed E-state index contributed by atoms with van der Waals surface area (Å²) >= 11 is 0. The van der Waals surface area contributed by atoms with Gasteiger partial charge < -0.3 is 10.6 Å². The summed E-state index contributed by atoms with van der Waals surface area (Å²) < 4.78 is 0. The third-order valence-electron chi connectivity index (χ3n) is 2.78. The van der Waals surface area contributed by atoms with Crippen molar-refractivity contribution in [3.63, 3.8) is 0 Å². The first-order valence-electron chi connectivity index (χ1n) is 6.84. The zero-order valence-electron chi connectivity index (χ0n) is 11.4. The first-order valence-corrected chi connectivity index (χ1v) is 6.84. The van der Waals surface area contributed by atoms with E-state index in [0.717, 1.165) is 19.3 Å². The predicted octanol–water partition coefficient (Wildman–Crippen LogP) is 2.11. The van der Waals surface area contributed by atoms with E-state index in [2.05, 4.69) is 17.6 Å². The lowest BCUT2D eigenvalue weighted by atomic mass is 10.2. The van der Waals surface area contributed by atoms with Gasteiger partial charge in [0.2, 0.25) is 5.91 Å². The zero-order valence-corrected chi connectivity index (χ0v) is 11.4. The Kier molecular flexibility index (Phi) is 7.32. The van der Waals surface area contributed by atoms with Crippen molar-refractivity contribution < 1.29 is 9.59 Å². The van der Waals surface area contributed by atoms with Crippen LogP contribution in [-0.4, -0.2) is 24.9 Å². The molecule has 0 bridgehead atoms. The second-order valence-electron chi connectivity index (χ2n) is 4.43. The molecule has 0 unspecified atom stereocenters. The van der Waals surface area contributed by atoms with Crippen LogP contribution in [0.5, 0.6) is 0 Å². The molecule has 2 N–H and O–H groups in total. The Morgan fingerprint density at radius 1 is 1.00 bits per heavy atom. The Morgan fingerprint density at radius 2 is 1.68 bits per heavy atom. The third kappa shape index (κ3) is 6.60. The van der Waals surface area contributed by atoms with Crippen molar-refractivity contribution in [2.45, 2.75) is 32.6 Å². The first kappa shape index (κ1) is 15.2. The van der Waals surface area contributed by atoms with E-state index in [1.165, 1.54) is 0 Å². The van der Waals surface area contributed by atoms with Crippen LogP contribution in [0.15, 0.2) is 30.3 Å². The third-order valence-corrected chi connectivity index (χ3v) is 2.78. The highest BCUT2D eigenvalue weighted by atomic mass is 16.2. The largest absolute Gasteiger partial charge is 0.354 e. The summed E-state index contributed by atoms with van der Waals surface area (Å²) in [7, 11) is 0. The van der Waals surface area contributed by atoms with Crippen LogP contribution in [0.4, 0.5) is 0 Å². The number of amides is 2. The van der Waals surface area contributed by atoms with Crippen molar-refractivity contribution in [1.82, 2.24) is 10.6 Å². The van der Waals surface area contributed by atoms with Crippen LogP contribution < -0.4 is 10.6 Å². The van der Waals surface area contributed by atoms with E-state index in [0.29, 0.717) is 25.1 Å². The van der Waals surface area contributed by atoms with E-state index in [1.807, 2.05) is 18.2 Å². The lowest BCUT2D eigenvalue weighted by Gasteiger charge is -2.07. The van der Waals surface area contributed by atoms with Gasteiger partial charge in [-0.2, -0.15) is 0 Å². The van der Waals surface area contributed by atoms with E-state index >= 15 is 0 Å². The van der Waals surface area contributed by atoms with Gasteiger partial charge >= 0.3 is 0 Å². The molecule has 0 aromatic heterocycles. The summed E-state index contributed by atoms with van der Waals surface area (Å²) in [5.74, 6) is -0.0526. The first-order chi connectivity index (χ1) is 9.24. The molecule has 1 aromatic rings. The van der Waals surface area contributed by atoms with Gasteiger partial charge in [-0.05, 0) is 18.6 Å². The number of nitrogens with one attached hydrogen (secondary N) is 2. The summed E-state index contributed by atoms with van der Waals surface area (Å²) in [5, 5.41) is 5.56. The lowest BCUT2D eigenvalue weighted by Crippen LogP contribution is -2.34.